The highest BCUT2D eigenvalue weighted by molar-refractivity contribution is 5.99. The number of hydrogen-bond acceptors (Lipinski definition) is 4. The summed E-state index contributed by atoms with van der Waals surface area (Å²) in [5, 5.41) is 18.6. The van der Waals surface area contributed by atoms with E-state index in [1.807, 2.05) is 0 Å². The number of carboxylic acid groups (broad SMARTS) is 1. The topological polar surface area (TPSA) is 87.7 Å². The van der Waals surface area contributed by atoms with Gasteiger partial charge in [-0.1, -0.05) is 0 Å². The lowest BCUT2D eigenvalue weighted by atomic mass is 9.93. The van der Waals surface area contributed by atoms with Crippen LogP contribution in [0, 0.1) is 0 Å². The maximum absolute atomic E-state index is 11.8. The third kappa shape index (κ3) is 3.18. The second kappa shape index (κ2) is 6.12. The number of ketones is 1. The number of allylic oxidation sites excluding steroid dienone is 1. The van der Waals surface area contributed by atoms with Crippen LogP contribution in [0.1, 0.15) is 41.8 Å². The molecule has 0 aliphatic heterocycles. The van der Waals surface area contributed by atoms with Crippen molar-refractivity contribution >= 4 is 17.8 Å². The van der Waals surface area contributed by atoms with Crippen LogP contribution in [-0.4, -0.2) is 22.0 Å². The lowest BCUT2D eigenvalue weighted by molar-refractivity contribution is -0.116. The van der Waals surface area contributed by atoms with Gasteiger partial charge in [-0.3, -0.25) is 4.79 Å². The molecule has 1 aromatic heterocycles. The highest BCUT2D eigenvalue weighted by atomic mass is 16.4. The lowest BCUT2D eigenvalue weighted by Crippen LogP contribution is -2.07. The molecule has 1 heterocycles. The van der Waals surface area contributed by atoms with Gasteiger partial charge in [-0.15, -0.1) is 0 Å². The molecule has 0 atom stereocenters. The number of aromatic hydroxyl groups is 1. The Hall–Kier alpha value is -2.82. The lowest BCUT2D eigenvalue weighted by Gasteiger charge is -2.11. The standard InChI is InChI=1S/C18H16O5/c19-15-4-2-1-3-11(15)9-13-6-8-17(23-13)12-5-7-16(20)14(10-12)18(21)22/h5-10,20H,1-4H2,(H,21,22)/b11-9+. The van der Waals surface area contributed by atoms with Gasteiger partial charge >= 0.3 is 5.97 Å². The zero-order valence-electron chi connectivity index (χ0n) is 12.4. The molecule has 0 saturated heterocycles. The molecule has 1 aliphatic rings. The van der Waals surface area contributed by atoms with Crippen LogP contribution in [0.25, 0.3) is 17.4 Å². The molecule has 5 nitrogen and oxygen atoms in total. The summed E-state index contributed by atoms with van der Waals surface area (Å²) in [5.74, 6) is -0.279. The van der Waals surface area contributed by atoms with Gasteiger partial charge < -0.3 is 14.6 Å². The molecule has 1 fully saturated rings. The average molecular weight is 312 g/mol. The van der Waals surface area contributed by atoms with Crippen molar-refractivity contribution in [3.63, 3.8) is 0 Å². The van der Waals surface area contributed by atoms with E-state index in [0.717, 1.165) is 24.8 Å². The Kier molecular flexibility index (Phi) is 4.02. The van der Waals surface area contributed by atoms with Crippen LogP contribution in [0.15, 0.2) is 40.3 Å². The summed E-state index contributed by atoms with van der Waals surface area (Å²) in [6.45, 7) is 0. The van der Waals surface area contributed by atoms with Crippen LogP contribution in [0.3, 0.4) is 0 Å². The van der Waals surface area contributed by atoms with E-state index in [1.165, 1.54) is 12.1 Å². The van der Waals surface area contributed by atoms with Crippen molar-refractivity contribution in [2.24, 2.45) is 0 Å². The van der Waals surface area contributed by atoms with Crippen LogP contribution in [0.4, 0.5) is 0 Å². The largest absolute Gasteiger partial charge is 0.507 e. The maximum Gasteiger partial charge on any atom is 0.339 e. The smallest absolute Gasteiger partial charge is 0.339 e. The van der Waals surface area contributed by atoms with Gasteiger partial charge in [0, 0.05) is 12.0 Å². The Labute approximate surface area is 132 Å². The predicted octanol–water partition coefficient (Wildman–Crippen LogP) is 3.88. The second-order valence-corrected chi connectivity index (χ2v) is 5.54. The van der Waals surface area contributed by atoms with Gasteiger partial charge in [0.15, 0.2) is 5.78 Å². The first-order valence-electron chi connectivity index (χ1n) is 7.45. The maximum atomic E-state index is 11.8. The van der Waals surface area contributed by atoms with Gasteiger partial charge in [-0.25, -0.2) is 4.79 Å². The summed E-state index contributed by atoms with van der Waals surface area (Å²) in [5.41, 5.74) is 1.15. The van der Waals surface area contributed by atoms with Crippen LogP contribution in [-0.2, 0) is 4.79 Å². The van der Waals surface area contributed by atoms with E-state index in [2.05, 4.69) is 0 Å². The molecule has 1 saturated carbocycles. The summed E-state index contributed by atoms with van der Waals surface area (Å²) in [6, 6.07) is 7.74. The molecule has 1 aromatic carbocycles. The Morgan fingerprint density at radius 1 is 1.13 bits per heavy atom. The number of carboxylic acids is 1. The number of carbonyl (C=O) groups is 2. The SMILES string of the molecule is O=C1CCCC/C1=C\c1ccc(-c2ccc(O)c(C(=O)O)c2)o1. The summed E-state index contributed by atoms with van der Waals surface area (Å²) in [4.78, 5) is 22.9. The van der Waals surface area contributed by atoms with Crippen molar-refractivity contribution in [2.75, 3.05) is 0 Å². The van der Waals surface area contributed by atoms with E-state index >= 15 is 0 Å². The first kappa shape index (κ1) is 15.1. The predicted molar refractivity (Wildman–Crippen MR) is 84.2 cm³/mol. The third-order valence-electron chi connectivity index (χ3n) is 3.91. The van der Waals surface area contributed by atoms with E-state index in [0.29, 0.717) is 23.5 Å². The van der Waals surface area contributed by atoms with Crippen LogP contribution < -0.4 is 0 Å². The molecule has 23 heavy (non-hydrogen) atoms. The number of hydrogen-bond donors (Lipinski definition) is 2. The van der Waals surface area contributed by atoms with Crippen molar-refractivity contribution in [1.29, 1.82) is 0 Å². The van der Waals surface area contributed by atoms with E-state index in [-0.39, 0.29) is 17.1 Å². The van der Waals surface area contributed by atoms with Gasteiger partial charge in [0.2, 0.25) is 0 Å². The molecule has 1 aliphatic carbocycles. The van der Waals surface area contributed by atoms with Crippen LogP contribution in [0.5, 0.6) is 5.75 Å². The van der Waals surface area contributed by atoms with Crippen LogP contribution in [0.2, 0.25) is 0 Å². The first-order valence-corrected chi connectivity index (χ1v) is 7.45. The van der Waals surface area contributed by atoms with Crippen molar-refractivity contribution < 1.29 is 24.2 Å². The van der Waals surface area contributed by atoms with E-state index < -0.39 is 5.97 Å². The molecule has 0 spiro atoms. The van der Waals surface area contributed by atoms with E-state index in [4.69, 9.17) is 9.52 Å². The monoisotopic (exact) mass is 312 g/mol. The van der Waals surface area contributed by atoms with Gasteiger partial charge in [-0.2, -0.15) is 0 Å². The third-order valence-corrected chi connectivity index (χ3v) is 3.91. The second-order valence-electron chi connectivity index (χ2n) is 5.54. The Morgan fingerprint density at radius 3 is 2.65 bits per heavy atom. The van der Waals surface area contributed by atoms with Crippen molar-refractivity contribution in [3.05, 3.63) is 47.2 Å². The normalized spacial score (nSPS) is 16.7. The summed E-state index contributed by atoms with van der Waals surface area (Å²) >= 11 is 0. The molecule has 3 rings (SSSR count). The number of benzene rings is 1. The molecule has 0 amide bonds. The van der Waals surface area contributed by atoms with Gasteiger partial charge in [-0.05, 0) is 61.2 Å². The van der Waals surface area contributed by atoms with Gasteiger partial charge in [0.1, 0.15) is 22.8 Å². The van der Waals surface area contributed by atoms with Crippen molar-refractivity contribution in [2.45, 2.75) is 25.7 Å². The molecule has 5 heteroatoms. The summed E-state index contributed by atoms with van der Waals surface area (Å²) in [7, 11) is 0. The number of furan rings is 1. The summed E-state index contributed by atoms with van der Waals surface area (Å²) in [6.07, 6.45) is 5.04. The number of aromatic carboxylic acids is 1. The highest BCUT2D eigenvalue weighted by Crippen LogP contribution is 2.29. The fourth-order valence-corrected chi connectivity index (χ4v) is 2.67. The number of carbonyl (C=O) groups excluding carboxylic acids is 1. The molecule has 0 bridgehead atoms. The first-order chi connectivity index (χ1) is 11.0. The Morgan fingerprint density at radius 2 is 1.91 bits per heavy atom. The Bertz CT molecular complexity index is 797. The number of Topliss-reactive ketones (excluding diaryl/α,β-unsaturated/α-hetero) is 1. The van der Waals surface area contributed by atoms with Gasteiger partial charge in [0.05, 0.1) is 0 Å². The number of phenols is 1. The highest BCUT2D eigenvalue weighted by Gasteiger charge is 2.16. The molecular formula is C18H16O5. The average Bonchev–Trinajstić information content (AvgIpc) is 2.98. The minimum atomic E-state index is -1.20. The molecule has 118 valence electrons. The minimum Gasteiger partial charge on any atom is -0.507 e. The molecular weight excluding hydrogens is 296 g/mol. The summed E-state index contributed by atoms with van der Waals surface area (Å²) < 4.78 is 5.69. The quantitative estimate of drug-likeness (QED) is 0.840. The molecule has 2 N–H and O–H groups in total. The minimum absolute atomic E-state index is 0.159. The van der Waals surface area contributed by atoms with E-state index in [1.54, 1.807) is 24.3 Å². The van der Waals surface area contributed by atoms with E-state index in [9.17, 15) is 14.7 Å². The molecule has 0 unspecified atom stereocenters. The zero-order valence-corrected chi connectivity index (χ0v) is 12.4. The molecule has 2 aromatic rings. The fraction of sp³-hybridized carbons (Fsp3) is 0.222. The van der Waals surface area contributed by atoms with Gasteiger partial charge in [0.25, 0.3) is 0 Å². The Balaban J connectivity index is 1.90. The van der Waals surface area contributed by atoms with Crippen molar-refractivity contribution in [1.82, 2.24) is 0 Å². The molecule has 0 radical (unpaired) electrons. The van der Waals surface area contributed by atoms with Crippen LogP contribution >= 0.6 is 0 Å². The van der Waals surface area contributed by atoms with Crippen molar-refractivity contribution in [3.8, 4) is 17.1 Å². The number of rotatable bonds is 3. The zero-order chi connectivity index (χ0) is 16.4. The fourth-order valence-electron chi connectivity index (χ4n) is 2.67.